The van der Waals surface area contributed by atoms with Crippen molar-refractivity contribution in [2.24, 2.45) is 0 Å². The van der Waals surface area contributed by atoms with E-state index in [-0.39, 0.29) is 17.9 Å². The maximum absolute atomic E-state index is 12.0. The van der Waals surface area contributed by atoms with Gasteiger partial charge in [0, 0.05) is 12.1 Å². The van der Waals surface area contributed by atoms with Gasteiger partial charge >= 0.3 is 6.03 Å². The van der Waals surface area contributed by atoms with Gasteiger partial charge in [0.15, 0.2) is 5.78 Å². The van der Waals surface area contributed by atoms with E-state index in [9.17, 15) is 9.59 Å². The number of amides is 2. The van der Waals surface area contributed by atoms with Gasteiger partial charge in [-0.1, -0.05) is 48.5 Å². The molecule has 2 amide bonds. The van der Waals surface area contributed by atoms with Crippen LogP contribution >= 0.6 is 0 Å². The molecule has 1 atom stereocenters. The number of urea groups is 1. The summed E-state index contributed by atoms with van der Waals surface area (Å²) in [6, 6.07) is 14.3. The van der Waals surface area contributed by atoms with Crippen LogP contribution in [-0.4, -0.2) is 23.5 Å². The number of aryl methyl sites for hydroxylation is 1. The molecular weight excluding hydrogens is 304 g/mol. The fraction of sp³-hybridized carbons (Fsp3) is 0.263. The summed E-state index contributed by atoms with van der Waals surface area (Å²) in [6.07, 6.45) is 0. The topological polar surface area (TPSA) is 78.4 Å². The van der Waals surface area contributed by atoms with Crippen LogP contribution in [-0.2, 0) is 6.54 Å². The number of ketones is 1. The molecule has 0 aliphatic rings. The van der Waals surface area contributed by atoms with Gasteiger partial charge in [0.2, 0.25) is 0 Å². The van der Waals surface area contributed by atoms with Crippen molar-refractivity contribution >= 4 is 11.8 Å². The van der Waals surface area contributed by atoms with Gasteiger partial charge in [0.05, 0.1) is 6.04 Å². The van der Waals surface area contributed by atoms with Gasteiger partial charge in [-0.3, -0.25) is 4.79 Å². The monoisotopic (exact) mass is 326 g/mol. The zero-order chi connectivity index (χ0) is 17.5. The molecule has 0 aromatic heterocycles. The third-order valence-corrected chi connectivity index (χ3v) is 3.92. The minimum atomic E-state index is -0.505. The number of rotatable bonds is 6. The largest absolute Gasteiger partial charge is 0.388 e. The first-order valence-corrected chi connectivity index (χ1v) is 7.84. The van der Waals surface area contributed by atoms with E-state index in [0.717, 1.165) is 16.7 Å². The fourth-order valence-corrected chi connectivity index (χ4v) is 2.36. The van der Waals surface area contributed by atoms with Gasteiger partial charge < -0.3 is 15.7 Å². The van der Waals surface area contributed by atoms with Crippen LogP contribution in [0.1, 0.15) is 40.0 Å². The maximum Gasteiger partial charge on any atom is 0.315 e. The number of Topliss-reactive ketones (excluding diaryl/α,β-unsaturated/α-hetero) is 1. The van der Waals surface area contributed by atoms with E-state index in [1.165, 1.54) is 0 Å². The van der Waals surface area contributed by atoms with Crippen LogP contribution < -0.4 is 10.6 Å². The van der Waals surface area contributed by atoms with E-state index in [0.29, 0.717) is 12.1 Å². The minimum absolute atomic E-state index is 0.194. The van der Waals surface area contributed by atoms with Crippen molar-refractivity contribution in [2.45, 2.75) is 26.4 Å². The predicted molar refractivity (Wildman–Crippen MR) is 92.8 cm³/mol. The first kappa shape index (κ1) is 17.7. The SMILES string of the molecule is Cc1ccccc1CNC(=O)NC(C)c1ccc(C(=O)CO)cc1. The van der Waals surface area contributed by atoms with E-state index in [1.54, 1.807) is 24.3 Å². The molecule has 0 heterocycles. The molecule has 0 saturated heterocycles. The van der Waals surface area contributed by atoms with Crippen molar-refractivity contribution in [3.05, 3.63) is 70.8 Å². The highest BCUT2D eigenvalue weighted by atomic mass is 16.3. The van der Waals surface area contributed by atoms with Crippen molar-refractivity contribution in [2.75, 3.05) is 6.61 Å². The van der Waals surface area contributed by atoms with Crippen LogP contribution in [0.5, 0.6) is 0 Å². The number of nitrogens with one attached hydrogen (secondary N) is 2. The van der Waals surface area contributed by atoms with E-state index < -0.39 is 6.61 Å². The number of carbonyl (C=O) groups excluding carboxylic acids is 2. The Morgan fingerprint density at radius 2 is 1.75 bits per heavy atom. The van der Waals surface area contributed by atoms with Gasteiger partial charge in [0.1, 0.15) is 6.61 Å². The third-order valence-electron chi connectivity index (χ3n) is 3.92. The van der Waals surface area contributed by atoms with E-state index in [4.69, 9.17) is 5.11 Å². The molecule has 0 aliphatic heterocycles. The minimum Gasteiger partial charge on any atom is -0.388 e. The summed E-state index contributed by atoms with van der Waals surface area (Å²) in [6.45, 7) is 3.84. The number of hydrogen-bond acceptors (Lipinski definition) is 3. The Morgan fingerprint density at radius 3 is 2.38 bits per heavy atom. The highest BCUT2D eigenvalue weighted by molar-refractivity contribution is 5.96. The normalized spacial score (nSPS) is 11.6. The Balaban J connectivity index is 1.89. The lowest BCUT2D eigenvalue weighted by Gasteiger charge is -2.16. The Labute approximate surface area is 141 Å². The van der Waals surface area contributed by atoms with Crippen LogP contribution in [0.4, 0.5) is 4.79 Å². The molecule has 126 valence electrons. The van der Waals surface area contributed by atoms with Gasteiger partial charge in [0.25, 0.3) is 0 Å². The molecule has 0 aliphatic carbocycles. The number of carbonyl (C=O) groups is 2. The second-order valence-electron chi connectivity index (χ2n) is 5.68. The number of benzene rings is 2. The molecular formula is C19H22N2O3. The van der Waals surface area contributed by atoms with Crippen LogP contribution in [0.25, 0.3) is 0 Å². The van der Waals surface area contributed by atoms with Gasteiger partial charge in [-0.15, -0.1) is 0 Å². The summed E-state index contributed by atoms with van der Waals surface area (Å²) in [5, 5.41) is 14.5. The number of aliphatic hydroxyl groups excluding tert-OH is 1. The molecule has 0 spiro atoms. The highest BCUT2D eigenvalue weighted by Gasteiger charge is 2.11. The van der Waals surface area contributed by atoms with Gasteiger partial charge in [-0.2, -0.15) is 0 Å². The lowest BCUT2D eigenvalue weighted by Crippen LogP contribution is -2.36. The molecule has 2 rings (SSSR count). The summed E-state index contributed by atoms with van der Waals surface area (Å²) < 4.78 is 0. The summed E-state index contributed by atoms with van der Waals surface area (Å²) in [5.74, 6) is -0.321. The predicted octanol–water partition coefficient (Wildman–Crippen LogP) is 2.73. The van der Waals surface area contributed by atoms with Gasteiger partial charge in [-0.25, -0.2) is 4.79 Å². The van der Waals surface area contributed by atoms with Crippen molar-refractivity contribution in [3.8, 4) is 0 Å². The third kappa shape index (κ3) is 4.67. The molecule has 0 bridgehead atoms. The van der Waals surface area contributed by atoms with Crippen LogP contribution in [0.3, 0.4) is 0 Å². The molecule has 0 radical (unpaired) electrons. The second kappa shape index (κ2) is 8.26. The van der Waals surface area contributed by atoms with Crippen LogP contribution in [0, 0.1) is 6.92 Å². The molecule has 2 aromatic rings. The smallest absolute Gasteiger partial charge is 0.315 e. The van der Waals surface area contributed by atoms with Gasteiger partial charge in [-0.05, 0) is 30.5 Å². The maximum atomic E-state index is 12.0. The van der Waals surface area contributed by atoms with Crippen LogP contribution in [0.2, 0.25) is 0 Å². The van der Waals surface area contributed by atoms with E-state index >= 15 is 0 Å². The lowest BCUT2D eigenvalue weighted by atomic mass is 10.0. The van der Waals surface area contributed by atoms with Crippen LogP contribution in [0.15, 0.2) is 48.5 Å². The fourth-order valence-electron chi connectivity index (χ4n) is 2.36. The molecule has 0 fully saturated rings. The number of aliphatic hydroxyl groups is 1. The summed E-state index contributed by atoms with van der Waals surface area (Å²) in [5.41, 5.74) is 3.55. The second-order valence-corrected chi connectivity index (χ2v) is 5.68. The van der Waals surface area contributed by atoms with Crippen molar-refractivity contribution in [3.63, 3.8) is 0 Å². The Bertz CT molecular complexity index is 711. The quantitative estimate of drug-likeness (QED) is 0.714. The lowest BCUT2D eigenvalue weighted by molar-refractivity contribution is 0.0903. The van der Waals surface area contributed by atoms with E-state index in [2.05, 4.69) is 10.6 Å². The van der Waals surface area contributed by atoms with Crippen molar-refractivity contribution in [1.29, 1.82) is 0 Å². The zero-order valence-electron chi connectivity index (χ0n) is 13.9. The molecule has 5 heteroatoms. The molecule has 24 heavy (non-hydrogen) atoms. The average molecular weight is 326 g/mol. The molecule has 1 unspecified atom stereocenters. The average Bonchev–Trinajstić information content (AvgIpc) is 2.60. The molecule has 3 N–H and O–H groups in total. The molecule has 0 saturated carbocycles. The van der Waals surface area contributed by atoms with E-state index in [1.807, 2.05) is 38.1 Å². The van der Waals surface area contributed by atoms with Crippen molar-refractivity contribution < 1.29 is 14.7 Å². The molecule has 5 nitrogen and oxygen atoms in total. The first-order chi connectivity index (χ1) is 11.5. The summed E-state index contributed by atoms with van der Waals surface area (Å²) >= 11 is 0. The Hall–Kier alpha value is -2.66. The Kier molecular flexibility index (Phi) is 6.09. The number of hydrogen-bond donors (Lipinski definition) is 3. The standard InChI is InChI=1S/C19H22N2O3/c1-13-5-3-4-6-17(13)11-20-19(24)21-14(2)15-7-9-16(10-8-15)18(23)12-22/h3-10,14,22H,11-12H2,1-2H3,(H2,20,21,24). The Morgan fingerprint density at radius 1 is 1.08 bits per heavy atom. The first-order valence-electron chi connectivity index (χ1n) is 7.84. The summed E-state index contributed by atoms with van der Waals surface area (Å²) in [4.78, 5) is 23.4. The highest BCUT2D eigenvalue weighted by Crippen LogP contribution is 2.14. The molecule has 2 aromatic carbocycles. The van der Waals surface area contributed by atoms with Crippen molar-refractivity contribution in [1.82, 2.24) is 10.6 Å². The summed E-state index contributed by atoms with van der Waals surface area (Å²) in [7, 11) is 0. The zero-order valence-corrected chi connectivity index (χ0v) is 13.9.